The van der Waals surface area contributed by atoms with E-state index in [1.54, 1.807) is 0 Å². The van der Waals surface area contributed by atoms with Crippen LogP contribution in [-0.2, 0) is 31.9 Å². The van der Waals surface area contributed by atoms with Gasteiger partial charge in [0.05, 0.1) is 36.2 Å². The van der Waals surface area contributed by atoms with Crippen LogP contribution in [0.3, 0.4) is 0 Å². The van der Waals surface area contributed by atoms with Crippen molar-refractivity contribution in [3.8, 4) is 50.6 Å². The van der Waals surface area contributed by atoms with Gasteiger partial charge in [-0.05, 0) is 81.9 Å². The molecule has 0 saturated heterocycles. The quantitative estimate of drug-likeness (QED) is 0.112. The van der Waals surface area contributed by atoms with Crippen molar-refractivity contribution in [3.63, 3.8) is 0 Å². The molecule has 4 aromatic heterocycles. The summed E-state index contributed by atoms with van der Waals surface area (Å²) in [4.78, 5) is 19.1. The summed E-state index contributed by atoms with van der Waals surface area (Å²) < 4.78 is 8.85. The number of hydrogen-bond acceptors (Lipinski definition) is 5. The summed E-state index contributed by atoms with van der Waals surface area (Å²) in [6.07, 6.45) is 5.09. The molecule has 0 atom stereocenters. The molecule has 339 valence electrons. The van der Waals surface area contributed by atoms with E-state index in [4.69, 9.17) is 9.40 Å². The third-order valence-corrected chi connectivity index (χ3v) is 14.3. The maximum absolute atomic E-state index is 6.54. The van der Waals surface area contributed by atoms with Crippen LogP contribution < -0.4 is 5.19 Å². The van der Waals surface area contributed by atoms with Crippen LogP contribution in [0.5, 0.6) is 0 Å². The number of aromatic nitrogens is 5. The number of furan rings is 1. The first-order chi connectivity index (χ1) is 31.7. The minimum Gasteiger partial charge on any atom is -0.486 e. The van der Waals surface area contributed by atoms with E-state index in [1.807, 2.05) is 43.5 Å². The summed E-state index contributed by atoms with van der Waals surface area (Å²) in [5.41, 5.74) is 15.4. The van der Waals surface area contributed by atoms with Crippen molar-refractivity contribution >= 4 is 46.4 Å². The van der Waals surface area contributed by atoms with Gasteiger partial charge in [0.1, 0.15) is 5.82 Å². The molecule has 0 saturated carbocycles. The Kier molecular flexibility index (Phi) is 13.5. The fourth-order valence-electron chi connectivity index (χ4n) is 8.91. The third-order valence-electron chi connectivity index (χ3n) is 12.2. The molecule has 0 bridgehead atoms. The Labute approximate surface area is 410 Å². The second-order valence-corrected chi connectivity index (χ2v) is 24.8. The largest absolute Gasteiger partial charge is 0.486 e. The summed E-state index contributed by atoms with van der Waals surface area (Å²) in [6, 6.07) is 53.6. The van der Waals surface area contributed by atoms with E-state index in [9.17, 15) is 0 Å². The van der Waals surface area contributed by atoms with Gasteiger partial charge in [0.2, 0.25) is 5.71 Å². The van der Waals surface area contributed by atoms with E-state index >= 15 is 0 Å². The summed E-state index contributed by atoms with van der Waals surface area (Å²) >= 11 is 0. The zero-order valence-electron chi connectivity index (χ0n) is 40.1. The molecule has 10 aromatic rings. The van der Waals surface area contributed by atoms with E-state index in [-0.39, 0.29) is 25.5 Å². The predicted molar refractivity (Wildman–Crippen MR) is 277 cm³/mol. The minimum atomic E-state index is -1.34. The molecule has 0 aliphatic carbocycles. The third kappa shape index (κ3) is 9.62. The number of rotatable bonds is 8. The Morgan fingerprint density at radius 3 is 1.99 bits per heavy atom. The van der Waals surface area contributed by atoms with E-state index in [0.29, 0.717) is 23.0 Å². The van der Waals surface area contributed by atoms with Gasteiger partial charge in [0, 0.05) is 49.0 Å². The zero-order valence-corrected chi connectivity index (χ0v) is 43.5. The minimum absolute atomic E-state index is 0. The summed E-state index contributed by atoms with van der Waals surface area (Å²) in [5, 5.41) is 3.36. The number of para-hydroxylation sites is 2. The molecule has 4 heterocycles. The van der Waals surface area contributed by atoms with E-state index in [2.05, 4.69) is 202 Å². The Hall–Kier alpha value is -6.31. The second kappa shape index (κ2) is 19.1. The molecule has 0 aliphatic heterocycles. The number of pyridine rings is 1. The number of aryl methyl sites for hydroxylation is 2. The standard InChI is InChI=1S/C41H33N4O.C18H24NSi.Ir/c1-25-20-21-30(38-36(25)33-24-42-26(2)43-40(33)46-38)39-44-34-18-12-13-19-35(34)45(39)37-31(27-14-8-6-9-15-27)22-29(41(3,4)5)23-32(37)28-16-10-7-11-17-28;1-14(2)11-16-12-17(15-9-7-6-8-10-15)19-13-18(16)20(3,4)5;/h6-20,22-24H,1-5H3;6-9,12-14H,11H2,1-5H3;/q2*-1;. The van der Waals surface area contributed by atoms with E-state index < -0.39 is 8.07 Å². The Bertz CT molecular complexity index is 3290. The molecule has 0 N–H and O–H groups in total. The van der Waals surface area contributed by atoms with Crippen molar-refractivity contribution < 1.29 is 24.5 Å². The number of fused-ring (bicyclic) bond motifs is 4. The van der Waals surface area contributed by atoms with Gasteiger partial charge in [0.15, 0.2) is 0 Å². The molecule has 0 amide bonds. The fraction of sp³-hybridized carbons (Fsp3) is 0.220. The van der Waals surface area contributed by atoms with Crippen LogP contribution in [0.15, 0.2) is 150 Å². The maximum Gasteiger partial charge on any atom is 0.219 e. The predicted octanol–water partition coefficient (Wildman–Crippen LogP) is 14.7. The molecule has 6 nitrogen and oxygen atoms in total. The topological polar surface area (TPSA) is 69.6 Å². The SMILES string of the molecule is CC(C)Cc1cc(-c2[c-]cccc2)ncc1[Si](C)(C)C.Cc1ncc2c(n1)oc1c(-c3nc4ccccc4n3-c3c(-c4ccccc4)cc(C(C)(C)C)cc3-c3ccccc3)[c-]cc(C)c12.[Ir]. The van der Waals surface area contributed by atoms with Gasteiger partial charge >= 0.3 is 0 Å². The average molecular weight is 1070 g/mol. The van der Waals surface area contributed by atoms with Crippen molar-refractivity contribution in [2.75, 3.05) is 0 Å². The molecule has 10 rings (SSSR count). The Balaban J connectivity index is 0.000000244. The molecule has 0 fully saturated rings. The van der Waals surface area contributed by atoms with Gasteiger partial charge in [0.25, 0.3) is 0 Å². The van der Waals surface area contributed by atoms with Crippen LogP contribution >= 0.6 is 0 Å². The van der Waals surface area contributed by atoms with Gasteiger partial charge in [-0.1, -0.05) is 151 Å². The van der Waals surface area contributed by atoms with Crippen molar-refractivity contribution in [3.05, 3.63) is 181 Å². The van der Waals surface area contributed by atoms with Gasteiger partial charge in [-0.3, -0.25) is 4.98 Å². The van der Waals surface area contributed by atoms with Gasteiger partial charge < -0.3 is 14.0 Å². The van der Waals surface area contributed by atoms with Crippen molar-refractivity contribution in [1.29, 1.82) is 0 Å². The van der Waals surface area contributed by atoms with Crippen LogP contribution in [0.2, 0.25) is 19.6 Å². The zero-order chi connectivity index (χ0) is 46.3. The number of hydrogen-bond donors (Lipinski definition) is 0. The number of imidazole rings is 1. The molecular weight excluding hydrogens is 1010 g/mol. The van der Waals surface area contributed by atoms with Crippen LogP contribution in [0.25, 0.3) is 83.7 Å². The van der Waals surface area contributed by atoms with Gasteiger partial charge in [-0.2, -0.15) is 4.98 Å². The van der Waals surface area contributed by atoms with Crippen molar-refractivity contribution in [2.24, 2.45) is 5.92 Å². The fourth-order valence-corrected chi connectivity index (χ4v) is 10.5. The molecular formula is C59H57IrN5OSi-2. The van der Waals surface area contributed by atoms with Crippen LogP contribution in [0.4, 0.5) is 0 Å². The van der Waals surface area contributed by atoms with Crippen LogP contribution in [0, 0.1) is 31.9 Å². The summed E-state index contributed by atoms with van der Waals surface area (Å²) in [7, 11) is -1.34. The maximum atomic E-state index is 6.54. The number of benzene rings is 6. The van der Waals surface area contributed by atoms with Gasteiger partial charge in [-0.15, -0.1) is 53.6 Å². The van der Waals surface area contributed by atoms with Crippen LogP contribution in [-0.4, -0.2) is 32.6 Å². The van der Waals surface area contributed by atoms with E-state index in [0.717, 1.165) is 84.4 Å². The molecule has 67 heavy (non-hydrogen) atoms. The first-order valence-corrected chi connectivity index (χ1v) is 26.5. The normalized spacial score (nSPS) is 11.8. The first-order valence-electron chi connectivity index (χ1n) is 23.0. The second-order valence-electron chi connectivity index (χ2n) is 19.8. The van der Waals surface area contributed by atoms with Crippen molar-refractivity contribution in [2.45, 2.75) is 79.9 Å². The van der Waals surface area contributed by atoms with Crippen molar-refractivity contribution in [1.82, 2.24) is 24.5 Å². The first kappa shape index (κ1) is 47.2. The monoisotopic (exact) mass is 1070 g/mol. The smallest absolute Gasteiger partial charge is 0.219 e. The molecule has 6 aromatic carbocycles. The average Bonchev–Trinajstić information content (AvgIpc) is 3.88. The van der Waals surface area contributed by atoms with Gasteiger partial charge in [-0.25, -0.2) is 4.98 Å². The molecule has 0 unspecified atom stereocenters. The Morgan fingerprint density at radius 1 is 0.731 bits per heavy atom. The molecule has 0 spiro atoms. The molecule has 0 aliphatic rings. The molecule has 8 heteroatoms. The summed E-state index contributed by atoms with van der Waals surface area (Å²) in [5.74, 6) is 2.09. The number of nitrogens with zero attached hydrogens (tertiary/aromatic N) is 5. The summed E-state index contributed by atoms with van der Waals surface area (Å²) in [6.45, 7) is 22.5. The van der Waals surface area contributed by atoms with Crippen LogP contribution in [0.1, 0.15) is 57.1 Å². The van der Waals surface area contributed by atoms with E-state index in [1.165, 1.54) is 16.3 Å². The molecule has 1 radical (unpaired) electrons. The Morgan fingerprint density at radius 2 is 1.37 bits per heavy atom.